The van der Waals surface area contributed by atoms with Crippen molar-refractivity contribution in [3.63, 3.8) is 0 Å². The molecule has 0 aromatic carbocycles. The van der Waals surface area contributed by atoms with E-state index in [1.54, 1.807) is 30.2 Å². The Kier molecular flexibility index (Phi) is 3.28. The number of aliphatic hydroxyl groups excluding tert-OH is 1. The Balaban J connectivity index is 2.10. The minimum atomic E-state index is -0.381. The number of hydrogen-bond acceptors (Lipinski definition) is 4. The van der Waals surface area contributed by atoms with Crippen LogP contribution < -0.4 is 5.73 Å². The zero-order valence-corrected chi connectivity index (χ0v) is 9.84. The van der Waals surface area contributed by atoms with Crippen LogP contribution in [0.15, 0.2) is 18.3 Å². The van der Waals surface area contributed by atoms with E-state index in [4.69, 9.17) is 5.73 Å². The zero-order chi connectivity index (χ0) is 12.4. The first-order valence-corrected chi connectivity index (χ1v) is 5.77. The molecule has 1 fully saturated rings. The van der Waals surface area contributed by atoms with E-state index in [1.165, 1.54) is 0 Å². The van der Waals surface area contributed by atoms with Gasteiger partial charge in [-0.2, -0.15) is 0 Å². The summed E-state index contributed by atoms with van der Waals surface area (Å²) >= 11 is 0. The molecule has 3 N–H and O–H groups in total. The van der Waals surface area contributed by atoms with Crippen molar-refractivity contribution in [1.29, 1.82) is 0 Å². The van der Waals surface area contributed by atoms with Gasteiger partial charge in [-0.1, -0.05) is 0 Å². The van der Waals surface area contributed by atoms with Crippen LogP contribution in [0.1, 0.15) is 23.8 Å². The van der Waals surface area contributed by atoms with Crippen molar-refractivity contribution in [2.45, 2.75) is 19.4 Å². The van der Waals surface area contributed by atoms with E-state index < -0.39 is 0 Å². The SMILES string of the molecule is CC(O)C1CCN(C(=O)c2ncccc2N)C1. The largest absolute Gasteiger partial charge is 0.397 e. The summed E-state index contributed by atoms with van der Waals surface area (Å²) in [4.78, 5) is 17.9. The first-order chi connectivity index (χ1) is 8.09. The van der Waals surface area contributed by atoms with Crippen LogP contribution in [0.3, 0.4) is 0 Å². The Morgan fingerprint density at radius 3 is 3.06 bits per heavy atom. The number of pyridine rings is 1. The molecule has 1 amide bonds. The number of nitrogen functional groups attached to an aromatic ring is 1. The van der Waals surface area contributed by atoms with Gasteiger partial charge in [0.15, 0.2) is 5.69 Å². The summed E-state index contributed by atoms with van der Waals surface area (Å²) in [5, 5.41) is 9.50. The van der Waals surface area contributed by atoms with Gasteiger partial charge in [-0.25, -0.2) is 4.98 Å². The molecule has 2 unspecified atom stereocenters. The fourth-order valence-corrected chi connectivity index (χ4v) is 2.11. The number of aromatic nitrogens is 1. The van der Waals surface area contributed by atoms with E-state index in [2.05, 4.69) is 4.98 Å². The second kappa shape index (κ2) is 4.71. The summed E-state index contributed by atoms with van der Waals surface area (Å²) in [6.07, 6.45) is 2.01. The van der Waals surface area contributed by atoms with Crippen LogP contribution in [-0.2, 0) is 0 Å². The number of hydrogen-bond donors (Lipinski definition) is 2. The maximum absolute atomic E-state index is 12.1. The third-order valence-corrected chi connectivity index (χ3v) is 3.24. The van der Waals surface area contributed by atoms with Gasteiger partial charge < -0.3 is 15.7 Å². The molecular formula is C12H17N3O2. The van der Waals surface area contributed by atoms with Crippen LogP contribution in [0.25, 0.3) is 0 Å². The number of likely N-dealkylation sites (tertiary alicyclic amines) is 1. The summed E-state index contributed by atoms with van der Waals surface area (Å²) < 4.78 is 0. The van der Waals surface area contributed by atoms with Crippen LogP contribution in [0.2, 0.25) is 0 Å². The average molecular weight is 235 g/mol. The number of rotatable bonds is 2. The lowest BCUT2D eigenvalue weighted by Crippen LogP contribution is -2.31. The molecule has 1 aliphatic heterocycles. The molecule has 17 heavy (non-hydrogen) atoms. The van der Waals surface area contributed by atoms with Gasteiger partial charge in [0, 0.05) is 25.2 Å². The van der Waals surface area contributed by atoms with E-state index in [1.807, 2.05) is 0 Å². The van der Waals surface area contributed by atoms with Crippen LogP contribution in [0.5, 0.6) is 0 Å². The lowest BCUT2D eigenvalue weighted by atomic mass is 10.0. The molecule has 2 rings (SSSR count). The summed E-state index contributed by atoms with van der Waals surface area (Å²) in [5.41, 5.74) is 6.43. The Morgan fingerprint density at radius 2 is 2.47 bits per heavy atom. The van der Waals surface area contributed by atoms with Crippen LogP contribution in [-0.4, -0.2) is 40.1 Å². The number of nitrogens with zero attached hydrogens (tertiary/aromatic N) is 2. The van der Waals surface area contributed by atoms with Crippen molar-refractivity contribution in [2.75, 3.05) is 18.8 Å². The summed E-state index contributed by atoms with van der Waals surface area (Å²) in [5.74, 6) is 0.00939. The molecule has 0 saturated carbocycles. The second-order valence-corrected chi connectivity index (χ2v) is 4.48. The van der Waals surface area contributed by atoms with E-state index >= 15 is 0 Å². The smallest absolute Gasteiger partial charge is 0.274 e. The fourth-order valence-electron chi connectivity index (χ4n) is 2.11. The molecule has 1 aliphatic rings. The lowest BCUT2D eigenvalue weighted by molar-refractivity contribution is 0.0758. The van der Waals surface area contributed by atoms with Gasteiger partial charge in [-0.05, 0) is 25.5 Å². The van der Waals surface area contributed by atoms with Gasteiger partial charge in [0.25, 0.3) is 5.91 Å². The molecule has 0 aliphatic carbocycles. The zero-order valence-electron chi connectivity index (χ0n) is 9.84. The van der Waals surface area contributed by atoms with E-state index in [-0.39, 0.29) is 17.9 Å². The molecule has 2 heterocycles. The molecule has 5 heteroatoms. The first kappa shape index (κ1) is 11.9. The number of anilines is 1. The van der Waals surface area contributed by atoms with Gasteiger partial charge in [-0.3, -0.25) is 4.79 Å². The number of carbonyl (C=O) groups is 1. The highest BCUT2D eigenvalue weighted by atomic mass is 16.3. The first-order valence-electron chi connectivity index (χ1n) is 5.77. The average Bonchev–Trinajstić information content (AvgIpc) is 2.78. The van der Waals surface area contributed by atoms with Gasteiger partial charge >= 0.3 is 0 Å². The summed E-state index contributed by atoms with van der Waals surface area (Å²) in [6, 6.07) is 3.37. The highest BCUT2D eigenvalue weighted by molar-refractivity contribution is 5.97. The van der Waals surface area contributed by atoms with Crippen LogP contribution in [0.4, 0.5) is 5.69 Å². The highest BCUT2D eigenvalue weighted by Crippen LogP contribution is 2.22. The minimum Gasteiger partial charge on any atom is -0.397 e. The molecule has 92 valence electrons. The highest BCUT2D eigenvalue weighted by Gasteiger charge is 2.30. The number of aliphatic hydroxyl groups is 1. The molecule has 1 aromatic heterocycles. The van der Waals surface area contributed by atoms with Crippen molar-refractivity contribution >= 4 is 11.6 Å². The van der Waals surface area contributed by atoms with Crippen molar-refractivity contribution in [3.8, 4) is 0 Å². The number of carbonyl (C=O) groups excluding carboxylic acids is 1. The molecule has 1 saturated heterocycles. The maximum Gasteiger partial charge on any atom is 0.274 e. The van der Waals surface area contributed by atoms with Gasteiger partial charge in [-0.15, -0.1) is 0 Å². The topological polar surface area (TPSA) is 79.5 Å². The summed E-state index contributed by atoms with van der Waals surface area (Å²) in [7, 11) is 0. The monoisotopic (exact) mass is 235 g/mol. The normalized spacial score (nSPS) is 21.5. The van der Waals surface area contributed by atoms with Crippen LogP contribution in [0, 0.1) is 5.92 Å². The van der Waals surface area contributed by atoms with Crippen LogP contribution >= 0.6 is 0 Å². The molecule has 1 aromatic rings. The number of nitrogens with two attached hydrogens (primary N) is 1. The van der Waals surface area contributed by atoms with Crippen molar-refractivity contribution < 1.29 is 9.90 Å². The van der Waals surface area contributed by atoms with E-state index in [0.717, 1.165) is 6.42 Å². The van der Waals surface area contributed by atoms with Crippen molar-refractivity contribution in [3.05, 3.63) is 24.0 Å². The summed E-state index contributed by atoms with van der Waals surface area (Å²) in [6.45, 7) is 2.99. The Hall–Kier alpha value is -1.62. The predicted molar refractivity (Wildman–Crippen MR) is 64.3 cm³/mol. The lowest BCUT2D eigenvalue weighted by Gasteiger charge is -2.17. The predicted octanol–water partition coefficient (Wildman–Crippen LogP) is 0.507. The molecule has 0 bridgehead atoms. The number of amides is 1. The Bertz CT molecular complexity index is 420. The maximum atomic E-state index is 12.1. The van der Waals surface area contributed by atoms with Crippen molar-refractivity contribution in [1.82, 2.24) is 9.88 Å². The van der Waals surface area contributed by atoms with E-state index in [9.17, 15) is 9.90 Å². The molecule has 0 spiro atoms. The molecule has 0 radical (unpaired) electrons. The minimum absolute atomic E-state index is 0.147. The Labute approximate surface area is 100 Å². The molecular weight excluding hydrogens is 218 g/mol. The standard InChI is InChI=1S/C12H17N3O2/c1-8(16)9-4-6-15(7-9)12(17)11-10(13)3-2-5-14-11/h2-3,5,8-9,16H,4,6-7,13H2,1H3. The third kappa shape index (κ3) is 2.39. The van der Waals surface area contributed by atoms with E-state index in [0.29, 0.717) is 24.5 Å². The molecule has 5 nitrogen and oxygen atoms in total. The fraction of sp³-hybridized carbons (Fsp3) is 0.500. The van der Waals surface area contributed by atoms with Gasteiger partial charge in [0.2, 0.25) is 0 Å². The quantitative estimate of drug-likeness (QED) is 0.782. The molecule has 2 atom stereocenters. The third-order valence-electron chi connectivity index (χ3n) is 3.24. The second-order valence-electron chi connectivity index (χ2n) is 4.48. The van der Waals surface area contributed by atoms with Gasteiger partial charge in [0.1, 0.15) is 0 Å². The Morgan fingerprint density at radius 1 is 1.71 bits per heavy atom. The van der Waals surface area contributed by atoms with Gasteiger partial charge in [0.05, 0.1) is 11.8 Å². The van der Waals surface area contributed by atoms with Crippen molar-refractivity contribution in [2.24, 2.45) is 5.92 Å².